The molecule has 5 nitrogen and oxygen atoms in total. The number of nitrogens with two attached hydrogens (primary N) is 1. The number of hydrogen-bond donors (Lipinski definition) is 2. The Morgan fingerprint density at radius 1 is 1.21 bits per heavy atom. The van der Waals surface area contributed by atoms with E-state index in [2.05, 4.69) is 19.2 Å². The van der Waals surface area contributed by atoms with Crippen molar-refractivity contribution in [3.8, 4) is 0 Å². The smallest absolute Gasteiger partial charge is 0.322 e. The largest absolute Gasteiger partial charge is 0.366 e. The van der Waals surface area contributed by atoms with Crippen molar-refractivity contribution in [2.24, 2.45) is 11.1 Å². The third kappa shape index (κ3) is 4.32. The van der Waals surface area contributed by atoms with E-state index in [9.17, 15) is 14.0 Å². The van der Waals surface area contributed by atoms with Crippen LogP contribution in [0.15, 0.2) is 48.5 Å². The van der Waals surface area contributed by atoms with Crippen LogP contribution in [0.5, 0.6) is 0 Å². The van der Waals surface area contributed by atoms with Crippen LogP contribution in [0.3, 0.4) is 0 Å². The van der Waals surface area contributed by atoms with Crippen LogP contribution < -0.4 is 11.1 Å². The highest BCUT2D eigenvalue weighted by Crippen LogP contribution is 2.41. The van der Waals surface area contributed by atoms with Gasteiger partial charge in [-0.05, 0) is 42.0 Å². The maximum atomic E-state index is 14.3. The van der Waals surface area contributed by atoms with E-state index in [1.807, 2.05) is 30.3 Å². The lowest BCUT2D eigenvalue weighted by Gasteiger charge is -2.37. The first-order chi connectivity index (χ1) is 13.3. The number of amides is 3. The Labute approximate surface area is 164 Å². The number of benzene rings is 2. The summed E-state index contributed by atoms with van der Waals surface area (Å²) in [6, 6.07) is 13.3. The molecule has 3 rings (SSSR count). The van der Waals surface area contributed by atoms with Gasteiger partial charge in [0.25, 0.3) is 0 Å². The van der Waals surface area contributed by atoms with Crippen LogP contribution in [0.25, 0.3) is 0 Å². The first-order valence-corrected chi connectivity index (χ1v) is 9.49. The molecule has 1 fully saturated rings. The van der Waals surface area contributed by atoms with Gasteiger partial charge in [-0.15, -0.1) is 0 Å². The number of nitrogens with zero attached hydrogens (tertiary/aromatic N) is 1. The average molecular weight is 383 g/mol. The molecule has 148 valence electrons. The summed E-state index contributed by atoms with van der Waals surface area (Å²) in [5.74, 6) is -1.40. The normalized spacial score (nSPS) is 17.9. The van der Waals surface area contributed by atoms with Gasteiger partial charge in [-0.3, -0.25) is 4.79 Å². The zero-order valence-electron chi connectivity index (χ0n) is 16.2. The van der Waals surface area contributed by atoms with E-state index in [1.165, 1.54) is 12.1 Å². The van der Waals surface area contributed by atoms with Gasteiger partial charge in [-0.2, -0.15) is 0 Å². The van der Waals surface area contributed by atoms with Crippen LogP contribution >= 0.6 is 0 Å². The number of urea groups is 1. The molecule has 1 saturated carbocycles. The fourth-order valence-corrected chi connectivity index (χ4v) is 3.95. The van der Waals surface area contributed by atoms with E-state index in [-0.39, 0.29) is 28.7 Å². The minimum atomic E-state index is -0.713. The van der Waals surface area contributed by atoms with Crippen LogP contribution in [0.1, 0.15) is 49.0 Å². The standard InChI is InChI=1S/C22H26FN3O2/c1-22(2)12-6-9-19(22)26(14-15-7-4-3-5-8-15)21(28)25-18-11-10-16(20(24)27)13-17(18)23/h3-5,7-8,10-11,13,19H,6,9,12,14H2,1-2H3,(H2,24,27)(H,25,28)/t19-/m1/s1. The fraction of sp³-hybridized carbons (Fsp3) is 0.364. The molecular weight excluding hydrogens is 357 g/mol. The highest BCUT2D eigenvalue weighted by Gasteiger charge is 2.40. The molecular formula is C22H26FN3O2. The fourth-order valence-electron chi connectivity index (χ4n) is 3.95. The van der Waals surface area contributed by atoms with Gasteiger partial charge >= 0.3 is 6.03 Å². The monoisotopic (exact) mass is 383 g/mol. The summed E-state index contributed by atoms with van der Waals surface area (Å²) in [7, 11) is 0. The first-order valence-electron chi connectivity index (χ1n) is 9.49. The van der Waals surface area contributed by atoms with Gasteiger partial charge in [0.2, 0.25) is 5.91 Å². The van der Waals surface area contributed by atoms with Gasteiger partial charge in [0, 0.05) is 18.2 Å². The molecule has 0 aliphatic heterocycles. The molecule has 2 aromatic rings. The van der Waals surface area contributed by atoms with Gasteiger partial charge in [-0.1, -0.05) is 50.6 Å². The Morgan fingerprint density at radius 3 is 2.50 bits per heavy atom. The quantitative estimate of drug-likeness (QED) is 0.795. The van der Waals surface area contributed by atoms with Crippen LogP contribution in [0.4, 0.5) is 14.9 Å². The van der Waals surface area contributed by atoms with Crippen molar-refractivity contribution in [2.45, 2.75) is 45.7 Å². The Balaban J connectivity index is 1.85. The average Bonchev–Trinajstić information content (AvgIpc) is 3.00. The van der Waals surface area contributed by atoms with Gasteiger partial charge in [-0.25, -0.2) is 9.18 Å². The highest BCUT2D eigenvalue weighted by atomic mass is 19.1. The van der Waals surface area contributed by atoms with Crippen LogP contribution in [0, 0.1) is 11.2 Å². The molecule has 0 saturated heterocycles. The van der Waals surface area contributed by atoms with Crippen molar-refractivity contribution >= 4 is 17.6 Å². The maximum absolute atomic E-state index is 14.3. The van der Waals surface area contributed by atoms with E-state index in [1.54, 1.807) is 4.90 Å². The highest BCUT2D eigenvalue weighted by molar-refractivity contribution is 5.94. The molecule has 0 aromatic heterocycles. The number of anilines is 1. The second-order valence-corrected chi connectivity index (χ2v) is 8.00. The van der Waals surface area contributed by atoms with E-state index < -0.39 is 11.7 Å². The van der Waals surface area contributed by atoms with Gasteiger partial charge in [0.15, 0.2) is 0 Å². The number of carbonyl (C=O) groups excluding carboxylic acids is 2. The molecule has 0 heterocycles. The number of carbonyl (C=O) groups is 2. The van der Waals surface area contributed by atoms with E-state index in [0.29, 0.717) is 6.54 Å². The zero-order chi connectivity index (χ0) is 20.3. The molecule has 0 radical (unpaired) electrons. The number of rotatable bonds is 5. The molecule has 0 unspecified atom stereocenters. The molecule has 0 bridgehead atoms. The van der Waals surface area contributed by atoms with Gasteiger partial charge in [0.05, 0.1) is 5.69 Å². The first kappa shape index (κ1) is 19.9. The SMILES string of the molecule is CC1(C)CCC[C@H]1N(Cc1ccccc1)C(=O)Nc1ccc(C(N)=O)cc1F. The van der Waals surface area contributed by atoms with E-state index in [4.69, 9.17) is 5.73 Å². The van der Waals surface area contributed by atoms with Crippen molar-refractivity contribution in [1.82, 2.24) is 4.90 Å². The van der Waals surface area contributed by atoms with Crippen LogP contribution in [0.2, 0.25) is 0 Å². The molecule has 28 heavy (non-hydrogen) atoms. The number of primary amides is 1. The summed E-state index contributed by atoms with van der Waals surface area (Å²) in [4.78, 5) is 26.1. The minimum absolute atomic E-state index is 0.0134. The molecule has 0 spiro atoms. The molecule has 1 aliphatic rings. The maximum Gasteiger partial charge on any atom is 0.322 e. The Hall–Kier alpha value is -2.89. The summed E-state index contributed by atoms with van der Waals surface area (Å²) in [6.45, 7) is 4.78. The lowest BCUT2D eigenvalue weighted by Crippen LogP contribution is -2.47. The number of halogens is 1. The Morgan fingerprint density at radius 2 is 1.93 bits per heavy atom. The van der Waals surface area contributed by atoms with Crippen molar-refractivity contribution < 1.29 is 14.0 Å². The van der Waals surface area contributed by atoms with Gasteiger partial charge in [0.1, 0.15) is 5.82 Å². The molecule has 6 heteroatoms. The molecule has 1 aliphatic carbocycles. The topological polar surface area (TPSA) is 75.4 Å². The number of nitrogens with one attached hydrogen (secondary N) is 1. The molecule has 3 amide bonds. The van der Waals surface area contributed by atoms with E-state index >= 15 is 0 Å². The van der Waals surface area contributed by atoms with Crippen LogP contribution in [-0.4, -0.2) is 22.9 Å². The lowest BCUT2D eigenvalue weighted by molar-refractivity contribution is 0.1000. The van der Waals surface area contributed by atoms with Crippen molar-refractivity contribution in [3.63, 3.8) is 0 Å². The minimum Gasteiger partial charge on any atom is -0.366 e. The predicted molar refractivity (Wildman–Crippen MR) is 107 cm³/mol. The van der Waals surface area contributed by atoms with E-state index in [0.717, 1.165) is 30.9 Å². The third-order valence-corrected chi connectivity index (χ3v) is 5.53. The lowest BCUT2D eigenvalue weighted by atomic mass is 9.86. The Kier molecular flexibility index (Phi) is 5.68. The molecule has 2 aromatic carbocycles. The molecule has 1 atom stereocenters. The summed E-state index contributed by atoms with van der Waals surface area (Å²) in [6.07, 6.45) is 3.01. The zero-order valence-corrected chi connectivity index (χ0v) is 16.2. The van der Waals surface area contributed by atoms with Crippen molar-refractivity contribution in [3.05, 3.63) is 65.5 Å². The summed E-state index contributed by atoms with van der Waals surface area (Å²) >= 11 is 0. The summed E-state index contributed by atoms with van der Waals surface area (Å²) < 4.78 is 14.3. The van der Waals surface area contributed by atoms with Crippen LogP contribution in [-0.2, 0) is 6.54 Å². The van der Waals surface area contributed by atoms with Crippen molar-refractivity contribution in [1.29, 1.82) is 0 Å². The second kappa shape index (κ2) is 8.00. The third-order valence-electron chi connectivity index (χ3n) is 5.53. The Bertz CT molecular complexity index is 867. The second-order valence-electron chi connectivity index (χ2n) is 8.00. The molecule has 3 N–H and O–H groups in total. The summed E-state index contributed by atoms with van der Waals surface area (Å²) in [5.41, 5.74) is 6.28. The predicted octanol–water partition coefficient (Wildman–Crippen LogP) is 4.54. The van der Waals surface area contributed by atoms with Crippen molar-refractivity contribution in [2.75, 3.05) is 5.32 Å². The number of hydrogen-bond acceptors (Lipinski definition) is 2. The summed E-state index contributed by atoms with van der Waals surface area (Å²) in [5, 5.41) is 2.67. The van der Waals surface area contributed by atoms with Gasteiger partial charge < -0.3 is 16.0 Å².